The van der Waals surface area contributed by atoms with Gasteiger partial charge in [-0.3, -0.25) is 19.3 Å². The van der Waals surface area contributed by atoms with Gasteiger partial charge in [0.25, 0.3) is 11.5 Å². The molecule has 0 saturated heterocycles. The lowest BCUT2D eigenvalue weighted by molar-refractivity contribution is 0.0892. The number of hydrogen-bond donors (Lipinski definition) is 2. The molecule has 182 valence electrons. The van der Waals surface area contributed by atoms with Crippen molar-refractivity contribution in [3.05, 3.63) is 76.5 Å². The number of hydrogen-bond acceptors (Lipinski definition) is 6. The zero-order valence-corrected chi connectivity index (χ0v) is 19.8. The van der Waals surface area contributed by atoms with Crippen molar-refractivity contribution in [1.29, 1.82) is 0 Å². The van der Waals surface area contributed by atoms with Gasteiger partial charge in [-0.05, 0) is 17.5 Å². The maximum absolute atomic E-state index is 15.0. The summed E-state index contributed by atoms with van der Waals surface area (Å²) in [6, 6.07) is 4.30. The molecule has 3 heterocycles. The van der Waals surface area contributed by atoms with Crippen molar-refractivity contribution in [3.63, 3.8) is 0 Å². The third kappa shape index (κ3) is 4.97. The number of benzene rings is 1. The molecule has 0 aliphatic carbocycles. The molecule has 1 aromatic carbocycles. The molecule has 0 bridgehead atoms. The Kier molecular flexibility index (Phi) is 7.02. The van der Waals surface area contributed by atoms with Gasteiger partial charge in [0, 0.05) is 43.0 Å². The molecule has 1 amide bonds. The third-order valence-corrected chi connectivity index (χ3v) is 6.22. The van der Waals surface area contributed by atoms with Gasteiger partial charge in [-0.25, -0.2) is 9.37 Å². The summed E-state index contributed by atoms with van der Waals surface area (Å²) in [5.74, 6) is -0.934. The molecule has 10 heteroatoms. The Balaban J connectivity index is 1.71. The number of carbonyl (C=O) groups is 1. The second kappa shape index (κ2) is 10.1. The topological polar surface area (TPSA) is 115 Å². The lowest BCUT2D eigenvalue weighted by Gasteiger charge is -2.22. The number of pyridine rings is 1. The van der Waals surface area contributed by atoms with E-state index in [1.165, 1.54) is 29.2 Å². The predicted octanol–water partition coefficient (Wildman–Crippen LogP) is 2.52. The summed E-state index contributed by atoms with van der Waals surface area (Å²) in [6.07, 6.45) is 8.33. The summed E-state index contributed by atoms with van der Waals surface area (Å²) in [4.78, 5) is 34.6. The van der Waals surface area contributed by atoms with Crippen LogP contribution in [0.3, 0.4) is 0 Å². The molecular weight excluding hydrogens is 451 g/mol. The highest BCUT2D eigenvalue weighted by molar-refractivity contribution is 6.04. The zero-order valence-electron chi connectivity index (χ0n) is 19.8. The molecule has 0 spiro atoms. The number of nitrogens with one attached hydrogen (secondary N) is 1. The first-order chi connectivity index (χ1) is 16.8. The minimum absolute atomic E-state index is 0.0108. The van der Waals surface area contributed by atoms with Crippen LogP contribution in [0, 0.1) is 11.7 Å². The quantitative estimate of drug-likeness (QED) is 0.402. The van der Waals surface area contributed by atoms with Crippen LogP contribution in [-0.2, 0) is 13.6 Å². The van der Waals surface area contributed by atoms with Crippen molar-refractivity contribution in [2.45, 2.75) is 32.9 Å². The van der Waals surface area contributed by atoms with E-state index in [-0.39, 0.29) is 41.2 Å². The van der Waals surface area contributed by atoms with Crippen LogP contribution in [0.25, 0.3) is 22.2 Å². The van der Waals surface area contributed by atoms with E-state index in [0.717, 1.165) is 12.0 Å². The van der Waals surface area contributed by atoms with Crippen LogP contribution in [0.2, 0.25) is 0 Å². The van der Waals surface area contributed by atoms with E-state index in [9.17, 15) is 14.7 Å². The number of aromatic nitrogens is 5. The number of aryl methyl sites for hydroxylation is 1. The highest BCUT2D eigenvalue weighted by atomic mass is 19.1. The maximum Gasteiger partial charge on any atom is 0.279 e. The third-order valence-electron chi connectivity index (χ3n) is 6.22. The molecular formula is C25H27FN6O3. The summed E-state index contributed by atoms with van der Waals surface area (Å²) in [7, 11) is 1.78. The molecule has 4 rings (SSSR count). The number of aliphatic hydroxyl groups excluding tert-OH is 1. The fourth-order valence-electron chi connectivity index (χ4n) is 3.89. The fourth-order valence-corrected chi connectivity index (χ4v) is 3.89. The van der Waals surface area contributed by atoms with Crippen LogP contribution in [0.5, 0.6) is 0 Å². The number of nitrogens with zero attached hydrogens (tertiary/aromatic N) is 5. The van der Waals surface area contributed by atoms with Crippen LogP contribution >= 0.6 is 0 Å². The predicted molar refractivity (Wildman–Crippen MR) is 129 cm³/mol. The number of amides is 1. The van der Waals surface area contributed by atoms with Gasteiger partial charge >= 0.3 is 0 Å². The van der Waals surface area contributed by atoms with E-state index in [1.807, 2.05) is 13.8 Å². The molecule has 2 N–H and O–H groups in total. The van der Waals surface area contributed by atoms with Gasteiger partial charge in [0.2, 0.25) is 0 Å². The lowest BCUT2D eigenvalue weighted by Crippen LogP contribution is -2.42. The molecule has 0 fully saturated rings. The molecule has 0 aliphatic heterocycles. The highest BCUT2D eigenvalue weighted by Gasteiger charge is 2.22. The summed E-state index contributed by atoms with van der Waals surface area (Å²) in [5, 5.41) is 16.6. The van der Waals surface area contributed by atoms with E-state index < -0.39 is 23.3 Å². The van der Waals surface area contributed by atoms with Crippen molar-refractivity contribution in [2.75, 3.05) is 6.61 Å². The summed E-state index contributed by atoms with van der Waals surface area (Å²) >= 11 is 0. The van der Waals surface area contributed by atoms with Gasteiger partial charge in [0.05, 0.1) is 31.0 Å². The Morgan fingerprint density at radius 2 is 1.91 bits per heavy atom. The van der Waals surface area contributed by atoms with E-state index in [4.69, 9.17) is 0 Å². The summed E-state index contributed by atoms with van der Waals surface area (Å²) < 4.78 is 17.9. The van der Waals surface area contributed by atoms with Crippen LogP contribution in [0.4, 0.5) is 4.39 Å². The number of fused-ring (bicyclic) bond motifs is 1. The van der Waals surface area contributed by atoms with Crippen LogP contribution < -0.4 is 10.9 Å². The zero-order chi connectivity index (χ0) is 25.1. The van der Waals surface area contributed by atoms with E-state index in [1.54, 1.807) is 36.3 Å². The van der Waals surface area contributed by atoms with Gasteiger partial charge in [-0.1, -0.05) is 32.4 Å². The van der Waals surface area contributed by atoms with Gasteiger partial charge < -0.3 is 15.0 Å². The van der Waals surface area contributed by atoms with Crippen LogP contribution in [-0.4, -0.2) is 48.0 Å². The highest BCUT2D eigenvalue weighted by Crippen LogP contribution is 2.22. The number of carbonyl (C=O) groups excluding carboxylic acids is 1. The molecule has 35 heavy (non-hydrogen) atoms. The van der Waals surface area contributed by atoms with Gasteiger partial charge in [-0.2, -0.15) is 5.10 Å². The first kappa shape index (κ1) is 24.2. The van der Waals surface area contributed by atoms with Crippen molar-refractivity contribution in [3.8, 4) is 11.1 Å². The van der Waals surface area contributed by atoms with Crippen LogP contribution in [0.1, 0.15) is 36.2 Å². The molecule has 0 unspecified atom stereocenters. The normalized spacial score (nSPS) is 13.1. The van der Waals surface area contributed by atoms with Crippen molar-refractivity contribution in [1.82, 2.24) is 29.6 Å². The molecule has 4 aromatic rings. The van der Waals surface area contributed by atoms with E-state index in [2.05, 4.69) is 20.4 Å². The second-order valence-electron chi connectivity index (χ2n) is 8.59. The van der Waals surface area contributed by atoms with Crippen molar-refractivity contribution >= 4 is 16.9 Å². The molecule has 9 nitrogen and oxygen atoms in total. The van der Waals surface area contributed by atoms with E-state index >= 15 is 4.39 Å². The number of aliphatic hydroxyl groups is 1. The van der Waals surface area contributed by atoms with Crippen molar-refractivity contribution in [2.24, 2.45) is 13.0 Å². The Labute approximate surface area is 201 Å². The van der Waals surface area contributed by atoms with Crippen LogP contribution in [0.15, 0.2) is 54.0 Å². The average Bonchev–Trinajstić information content (AvgIpc) is 3.30. The summed E-state index contributed by atoms with van der Waals surface area (Å²) in [6.45, 7) is 3.57. The monoisotopic (exact) mass is 478 g/mol. The SMILES string of the molecule is CC[C@H](C)[C@@H](CO)NC(=O)c1cn(Cc2ccc(-c3cnn(C)c3)cc2F)c(=O)c2nccnc12. The van der Waals surface area contributed by atoms with Gasteiger partial charge in [-0.15, -0.1) is 0 Å². The minimum atomic E-state index is -0.490. The molecule has 0 radical (unpaired) electrons. The minimum Gasteiger partial charge on any atom is -0.394 e. The van der Waals surface area contributed by atoms with Crippen molar-refractivity contribution < 1.29 is 14.3 Å². The average molecular weight is 479 g/mol. The fraction of sp³-hybridized carbons (Fsp3) is 0.320. The molecule has 0 saturated carbocycles. The maximum atomic E-state index is 15.0. The first-order valence-corrected chi connectivity index (χ1v) is 11.4. The Bertz CT molecular complexity index is 1430. The lowest BCUT2D eigenvalue weighted by atomic mass is 9.99. The molecule has 2 atom stereocenters. The molecule has 0 aliphatic rings. The first-order valence-electron chi connectivity index (χ1n) is 11.4. The summed E-state index contributed by atoms with van der Waals surface area (Å²) in [5.41, 5.74) is 1.52. The standard InChI is InChI=1S/C25H27FN6O3/c1-4-15(2)21(14-33)30-24(34)19-13-32(25(35)23-22(19)27-7-8-28-23)12-17-6-5-16(9-20(17)26)18-10-29-31(3)11-18/h5-11,13,15,21,33H,4,12,14H2,1-3H3,(H,30,34)/t15-,21+/m0/s1. The number of halogens is 1. The second-order valence-corrected chi connectivity index (χ2v) is 8.59. The number of rotatable bonds is 8. The Hall–Kier alpha value is -3.92. The Morgan fingerprint density at radius 3 is 2.54 bits per heavy atom. The smallest absolute Gasteiger partial charge is 0.279 e. The van der Waals surface area contributed by atoms with E-state index in [0.29, 0.717) is 5.56 Å². The van der Waals surface area contributed by atoms with Gasteiger partial charge in [0.1, 0.15) is 11.3 Å². The Morgan fingerprint density at radius 1 is 1.17 bits per heavy atom. The molecule has 3 aromatic heterocycles. The largest absolute Gasteiger partial charge is 0.394 e. The van der Waals surface area contributed by atoms with Gasteiger partial charge in [0.15, 0.2) is 5.52 Å².